The van der Waals surface area contributed by atoms with Crippen LogP contribution in [0.2, 0.25) is 0 Å². The van der Waals surface area contributed by atoms with Gasteiger partial charge in [0.1, 0.15) is 18.1 Å². The largest absolute Gasteiger partial charge is 0.480 e. The van der Waals surface area contributed by atoms with Crippen LogP contribution >= 0.6 is 0 Å². The molecule has 0 spiro atoms. The van der Waals surface area contributed by atoms with E-state index in [1.807, 2.05) is 19.1 Å². The van der Waals surface area contributed by atoms with E-state index >= 15 is 0 Å². The van der Waals surface area contributed by atoms with Gasteiger partial charge in [-0.25, -0.2) is 9.98 Å². The van der Waals surface area contributed by atoms with Crippen molar-refractivity contribution in [3.8, 4) is 0 Å². The zero-order valence-corrected chi connectivity index (χ0v) is 15.7. The van der Waals surface area contributed by atoms with Gasteiger partial charge in [0.05, 0.1) is 5.52 Å². The number of carboxylic acids is 1. The Kier molecular flexibility index (Phi) is 6.18. The van der Waals surface area contributed by atoms with Crippen molar-refractivity contribution < 1.29 is 14.7 Å². The minimum atomic E-state index is -1.03. The fourth-order valence-corrected chi connectivity index (χ4v) is 2.75. The summed E-state index contributed by atoms with van der Waals surface area (Å²) in [6.07, 6.45) is 3.92. The Balaban J connectivity index is 2.78. The first-order chi connectivity index (χ1) is 12.8. The van der Waals surface area contributed by atoms with Gasteiger partial charge in [-0.2, -0.15) is 5.10 Å². The van der Waals surface area contributed by atoms with Gasteiger partial charge >= 0.3 is 5.97 Å². The molecule has 0 aliphatic rings. The molecule has 2 aromatic rings. The van der Waals surface area contributed by atoms with E-state index in [0.717, 1.165) is 16.7 Å². The predicted molar refractivity (Wildman–Crippen MR) is 108 cm³/mol. The molecule has 0 unspecified atom stereocenters. The molecule has 1 N–H and O–H groups in total. The highest BCUT2D eigenvalue weighted by atomic mass is 16.4. The number of aromatic nitrogens is 2. The molecule has 0 bridgehead atoms. The molecule has 1 aromatic heterocycles. The molecular weight excluding hydrogens is 344 g/mol. The van der Waals surface area contributed by atoms with Gasteiger partial charge in [0.15, 0.2) is 5.78 Å². The number of hydrogen-bond acceptors (Lipinski definition) is 4. The molecule has 0 saturated heterocycles. The molecule has 0 aliphatic carbocycles. The van der Waals surface area contributed by atoms with Crippen LogP contribution in [0.5, 0.6) is 0 Å². The quantitative estimate of drug-likeness (QED) is 0.351. The lowest BCUT2D eigenvalue weighted by Crippen LogP contribution is -2.11. The number of carbonyl (C=O) groups is 2. The van der Waals surface area contributed by atoms with E-state index in [1.165, 1.54) is 11.6 Å². The van der Waals surface area contributed by atoms with Gasteiger partial charge in [0.25, 0.3) is 0 Å². The monoisotopic (exact) mass is 366 g/mol. The SMILES string of the molecule is C=CCc1cc(/C(C)=C/N=C(C)N=C)cc2c(C(C)=O)nn(CC(=O)O)c12. The molecule has 0 fully saturated rings. The average molecular weight is 366 g/mol. The van der Waals surface area contributed by atoms with Gasteiger partial charge in [-0.05, 0) is 55.8 Å². The Morgan fingerprint density at radius 3 is 2.56 bits per heavy atom. The highest BCUT2D eigenvalue weighted by Gasteiger charge is 2.19. The minimum Gasteiger partial charge on any atom is -0.480 e. The van der Waals surface area contributed by atoms with Gasteiger partial charge in [-0.15, -0.1) is 6.58 Å². The topological polar surface area (TPSA) is 96.9 Å². The lowest BCUT2D eigenvalue weighted by molar-refractivity contribution is -0.137. The van der Waals surface area contributed by atoms with Gasteiger partial charge < -0.3 is 5.11 Å². The Hall–Kier alpha value is -3.35. The Labute approximate surface area is 157 Å². The number of hydrogen-bond donors (Lipinski definition) is 1. The summed E-state index contributed by atoms with van der Waals surface area (Å²) in [5.74, 6) is -0.710. The van der Waals surface area contributed by atoms with E-state index in [9.17, 15) is 14.7 Å². The zero-order valence-electron chi connectivity index (χ0n) is 15.7. The number of aliphatic carboxylic acids is 1. The lowest BCUT2D eigenvalue weighted by atomic mass is 9.98. The van der Waals surface area contributed by atoms with Crippen LogP contribution in [-0.2, 0) is 17.8 Å². The van der Waals surface area contributed by atoms with Crippen molar-refractivity contribution in [3.63, 3.8) is 0 Å². The van der Waals surface area contributed by atoms with Crippen LogP contribution in [-0.4, -0.2) is 39.2 Å². The molecule has 0 atom stereocenters. The number of amidine groups is 1. The third-order valence-corrected chi connectivity index (χ3v) is 4.03. The number of Topliss-reactive ketones (excluding diaryl/α,β-unsaturated/α-hetero) is 1. The average Bonchev–Trinajstić information content (AvgIpc) is 2.97. The molecule has 2 rings (SSSR count). The lowest BCUT2D eigenvalue weighted by Gasteiger charge is -2.09. The number of fused-ring (bicyclic) bond motifs is 1. The first kappa shape index (κ1) is 20.0. The molecule has 0 aliphatic heterocycles. The van der Waals surface area contributed by atoms with E-state index in [0.29, 0.717) is 23.2 Å². The molecule has 140 valence electrons. The molecule has 1 heterocycles. The second-order valence-electron chi connectivity index (χ2n) is 6.13. The van der Waals surface area contributed by atoms with Crippen molar-refractivity contribution in [3.05, 3.63) is 47.8 Å². The van der Waals surface area contributed by atoms with Gasteiger partial charge in [0.2, 0.25) is 0 Å². The summed E-state index contributed by atoms with van der Waals surface area (Å²) in [5, 5.41) is 14.0. The zero-order chi connectivity index (χ0) is 20.1. The van der Waals surface area contributed by atoms with Crippen LogP contribution in [0.25, 0.3) is 16.5 Å². The van der Waals surface area contributed by atoms with Crippen LogP contribution in [0.15, 0.2) is 41.0 Å². The summed E-state index contributed by atoms with van der Waals surface area (Å²) >= 11 is 0. The van der Waals surface area contributed by atoms with E-state index in [-0.39, 0.29) is 18.0 Å². The van der Waals surface area contributed by atoms with E-state index in [1.54, 1.807) is 19.2 Å². The highest BCUT2D eigenvalue weighted by Crippen LogP contribution is 2.29. The molecule has 27 heavy (non-hydrogen) atoms. The van der Waals surface area contributed by atoms with Gasteiger partial charge in [-0.3, -0.25) is 14.3 Å². The van der Waals surface area contributed by atoms with Crippen molar-refractivity contribution in [2.45, 2.75) is 33.7 Å². The van der Waals surface area contributed by atoms with Crippen LogP contribution in [0.1, 0.15) is 42.4 Å². The van der Waals surface area contributed by atoms with Crippen LogP contribution in [0.4, 0.5) is 0 Å². The first-order valence-electron chi connectivity index (χ1n) is 8.33. The number of carboxylic acid groups (broad SMARTS) is 1. The number of carbonyl (C=O) groups excluding carboxylic acids is 1. The van der Waals surface area contributed by atoms with Crippen molar-refractivity contribution >= 4 is 40.8 Å². The second-order valence-corrected chi connectivity index (χ2v) is 6.13. The maximum absolute atomic E-state index is 12.1. The Morgan fingerprint density at radius 1 is 1.30 bits per heavy atom. The number of benzene rings is 1. The highest BCUT2D eigenvalue weighted by molar-refractivity contribution is 6.06. The Bertz CT molecular complexity index is 996. The summed E-state index contributed by atoms with van der Waals surface area (Å²) < 4.78 is 1.36. The van der Waals surface area contributed by atoms with Crippen molar-refractivity contribution in [1.29, 1.82) is 0 Å². The summed E-state index contributed by atoms with van der Waals surface area (Å²) in [6, 6.07) is 3.77. The normalized spacial score (nSPS) is 12.3. The molecule has 7 nitrogen and oxygen atoms in total. The maximum Gasteiger partial charge on any atom is 0.325 e. The number of rotatable bonds is 7. The van der Waals surface area contributed by atoms with Crippen molar-refractivity contribution in [2.24, 2.45) is 9.98 Å². The van der Waals surface area contributed by atoms with E-state index in [2.05, 4.69) is 28.4 Å². The number of aliphatic imine (C=N–C) groups is 2. The molecule has 0 saturated carbocycles. The van der Waals surface area contributed by atoms with Crippen LogP contribution in [0.3, 0.4) is 0 Å². The smallest absolute Gasteiger partial charge is 0.325 e. The van der Waals surface area contributed by atoms with Gasteiger partial charge in [0, 0.05) is 18.5 Å². The third kappa shape index (κ3) is 4.44. The summed E-state index contributed by atoms with van der Waals surface area (Å²) in [5.41, 5.74) is 3.45. The standard InChI is InChI=1S/C20H22N4O3/c1-6-7-15-8-16(12(2)10-22-14(4)21-5)9-17-19(13(3)25)23-24(20(15)17)11-18(26)27/h6,8-10H,1,5,7,11H2,2-4H3,(H,26,27)/b12-10+,22-14?. The third-order valence-electron chi connectivity index (χ3n) is 4.03. The molecule has 0 radical (unpaired) electrons. The number of allylic oxidation sites excluding steroid dienone is 2. The molecular formula is C20H22N4O3. The summed E-state index contributed by atoms with van der Waals surface area (Å²) in [6.45, 7) is 11.9. The number of nitrogens with zero attached hydrogens (tertiary/aromatic N) is 4. The minimum absolute atomic E-state index is 0.225. The maximum atomic E-state index is 12.1. The van der Waals surface area contributed by atoms with E-state index < -0.39 is 5.97 Å². The van der Waals surface area contributed by atoms with Crippen molar-refractivity contribution in [2.75, 3.05) is 0 Å². The summed E-state index contributed by atoms with van der Waals surface area (Å²) in [4.78, 5) is 31.2. The molecule has 1 aromatic carbocycles. The number of ketones is 1. The van der Waals surface area contributed by atoms with Crippen LogP contribution in [0, 0.1) is 0 Å². The second kappa shape index (κ2) is 8.35. The predicted octanol–water partition coefficient (Wildman–Crippen LogP) is 3.53. The van der Waals surface area contributed by atoms with E-state index in [4.69, 9.17) is 0 Å². The van der Waals surface area contributed by atoms with Crippen LogP contribution < -0.4 is 0 Å². The first-order valence-corrected chi connectivity index (χ1v) is 8.33. The molecule has 7 heteroatoms. The summed E-state index contributed by atoms with van der Waals surface area (Å²) in [7, 11) is 0. The molecule has 0 amide bonds. The van der Waals surface area contributed by atoms with Crippen molar-refractivity contribution in [1.82, 2.24) is 9.78 Å². The Morgan fingerprint density at radius 2 is 2.00 bits per heavy atom. The van der Waals surface area contributed by atoms with Gasteiger partial charge in [-0.1, -0.05) is 6.08 Å². The fraction of sp³-hybridized carbons (Fsp3) is 0.250. The fourth-order valence-electron chi connectivity index (χ4n) is 2.75.